The van der Waals surface area contributed by atoms with Gasteiger partial charge in [-0.1, -0.05) is 26.0 Å². The average Bonchev–Trinajstić information content (AvgIpc) is 2.28. The van der Waals surface area contributed by atoms with Crippen molar-refractivity contribution in [3.8, 4) is 5.75 Å². The number of Topliss-reactive ketones (excluding diaryl/α,β-unsaturated/α-hetero) is 1. The molecule has 0 aliphatic carbocycles. The van der Waals surface area contributed by atoms with E-state index in [2.05, 4.69) is 4.74 Å². The molecule has 0 spiro atoms. The molecule has 2 nitrogen and oxygen atoms in total. The molecule has 0 unspecified atom stereocenters. The standard InChI is InChI=1S/C12H13ClF2O2/c1-12(2,7-13)10(16)8-5-3-4-6-9(8)17-11(14)15/h3-6,11H,7H2,1-2H3. The molecular formula is C12H13ClF2O2. The zero-order valence-electron chi connectivity index (χ0n) is 9.54. The Bertz CT molecular complexity index is 405. The molecule has 0 amide bonds. The molecule has 94 valence electrons. The molecule has 1 rings (SSSR count). The first-order valence-corrected chi connectivity index (χ1v) is 5.56. The third-order valence-corrected chi connectivity index (χ3v) is 2.96. The lowest BCUT2D eigenvalue weighted by atomic mass is 9.86. The van der Waals surface area contributed by atoms with Gasteiger partial charge in [-0.3, -0.25) is 4.79 Å². The van der Waals surface area contributed by atoms with Crippen LogP contribution in [0.15, 0.2) is 24.3 Å². The van der Waals surface area contributed by atoms with Crippen LogP contribution in [0.2, 0.25) is 0 Å². The molecule has 0 heterocycles. The molecule has 0 aliphatic heterocycles. The van der Waals surface area contributed by atoms with Gasteiger partial charge in [0.1, 0.15) is 5.75 Å². The minimum absolute atomic E-state index is 0.106. The lowest BCUT2D eigenvalue weighted by molar-refractivity contribution is -0.0502. The van der Waals surface area contributed by atoms with Crippen LogP contribution in [0.25, 0.3) is 0 Å². The number of hydrogen-bond acceptors (Lipinski definition) is 2. The Kier molecular flexibility index (Phi) is 4.46. The van der Waals surface area contributed by atoms with Crippen LogP contribution < -0.4 is 4.74 Å². The maximum atomic E-state index is 12.2. The molecule has 0 radical (unpaired) electrons. The topological polar surface area (TPSA) is 26.3 Å². The first kappa shape index (κ1) is 13.9. The third-order valence-electron chi connectivity index (χ3n) is 2.30. The predicted octanol–water partition coefficient (Wildman–Crippen LogP) is 3.74. The summed E-state index contributed by atoms with van der Waals surface area (Å²) in [4.78, 5) is 12.1. The zero-order chi connectivity index (χ0) is 13.1. The van der Waals surface area contributed by atoms with Crippen LogP contribution in [0.3, 0.4) is 0 Å². The highest BCUT2D eigenvalue weighted by atomic mass is 35.5. The number of carbonyl (C=O) groups is 1. The largest absolute Gasteiger partial charge is 0.434 e. The first-order valence-electron chi connectivity index (χ1n) is 5.03. The monoisotopic (exact) mass is 262 g/mol. The zero-order valence-corrected chi connectivity index (χ0v) is 10.3. The number of alkyl halides is 3. The van der Waals surface area contributed by atoms with Gasteiger partial charge in [0.25, 0.3) is 0 Å². The Balaban J connectivity index is 3.09. The predicted molar refractivity (Wildman–Crippen MR) is 61.9 cm³/mol. The first-order chi connectivity index (χ1) is 7.88. The van der Waals surface area contributed by atoms with E-state index in [1.807, 2.05) is 0 Å². The van der Waals surface area contributed by atoms with Crippen molar-refractivity contribution in [2.75, 3.05) is 5.88 Å². The molecule has 0 saturated heterocycles. The van der Waals surface area contributed by atoms with Crippen LogP contribution in [0.5, 0.6) is 5.75 Å². The minimum atomic E-state index is -2.96. The number of halogens is 3. The molecule has 0 saturated carbocycles. The number of ether oxygens (including phenoxy) is 1. The highest BCUT2D eigenvalue weighted by molar-refractivity contribution is 6.21. The maximum Gasteiger partial charge on any atom is 0.387 e. The molecule has 0 bridgehead atoms. The van der Waals surface area contributed by atoms with E-state index in [1.54, 1.807) is 19.9 Å². The molecule has 1 aromatic carbocycles. The van der Waals surface area contributed by atoms with Gasteiger partial charge in [-0.15, -0.1) is 11.6 Å². The second-order valence-corrected chi connectivity index (χ2v) is 4.49. The van der Waals surface area contributed by atoms with E-state index in [4.69, 9.17) is 11.6 Å². The van der Waals surface area contributed by atoms with E-state index >= 15 is 0 Å². The van der Waals surface area contributed by atoms with Crippen LogP contribution in [0, 0.1) is 5.41 Å². The quantitative estimate of drug-likeness (QED) is 0.597. The Morgan fingerprint density at radius 1 is 1.41 bits per heavy atom. The van der Waals surface area contributed by atoms with Crippen LogP contribution in [0.4, 0.5) is 8.78 Å². The van der Waals surface area contributed by atoms with Crippen molar-refractivity contribution >= 4 is 17.4 Å². The van der Waals surface area contributed by atoms with Crippen LogP contribution in [-0.4, -0.2) is 18.3 Å². The Hall–Kier alpha value is -1.16. The number of benzene rings is 1. The van der Waals surface area contributed by atoms with Crippen molar-refractivity contribution < 1.29 is 18.3 Å². The van der Waals surface area contributed by atoms with Gasteiger partial charge < -0.3 is 4.74 Å². The number of carbonyl (C=O) groups excluding carboxylic acids is 1. The fraction of sp³-hybridized carbons (Fsp3) is 0.417. The molecule has 0 fully saturated rings. The van der Waals surface area contributed by atoms with Crippen molar-refractivity contribution in [3.63, 3.8) is 0 Å². The molecule has 17 heavy (non-hydrogen) atoms. The second-order valence-electron chi connectivity index (χ2n) is 4.22. The molecular weight excluding hydrogens is 250 g/mol. The van der Waals surface area contributed by atoms with E-state index in [-0.39, 0.29) is 23.0 Å². The summed E-state index contributed by atoms with van der Waals surface area (Å²) >= 11 is 5.69. The summed E-state index contributed by atoms with van der Waals surface area (Å²) in [5.74, 6) is -0.330. The smallest absolute Gasteiger partial charge is 0.387 e. The van der Waals surface area contributed by atoms with Crippen molar-refractivity contribution in [3.05, 3.63) is 29.8 Å². The number of rotatable bonds is 5. The maximum absolute atomic E-state index is 12.2. The highest BCUT2D eigenvalue weighted by Gasteiger charge is 2.30. The van der Waals surface area contributed by atoms with Crippen LogP contribution in [-0.2, 0) is 0 Å². The summed E-state index contributed by atoms with van der Waals surface area (Å²) in [5, 5.41) is 0. The van der Waals surface area contributed by atoms with Gasteiger partial charge in [0.05, 0.1) is 5.56 Å². The van der Waals surface area contributed by atoms with Crippen LogP contribution >= 0.6 is 11.6 Å². The fourth-order valence-electron chi connectivity index (χ4n) is 1.28. The normalized spacial score (nSPS) is 11.6. The Morgan fingerprint density at radius 3 is 2.53 bits per heavy atom. The van der Waals surface area contributed by atoms with E-state index in [9.17, 15) is 13.6 Å². The van der Waals surface area contributed by atoms with E-state index < -0.39 is 12.0 Å². The second kappa shape index (κ2) is 5.45. The number of para-hydroxylation sites is 1. The molecule has 0 aromatic heterocycles. The van der Waals surface area contributed by atoms with Gasteiger partial charge in [-0.2, -0.15) is 8.78 Å². The summed E-state index contributed by atoms with van der Waals surface area (Å²) in [7, 11) is 0. The van der Waals surface area contributed by atoms with Crippen molar-refractivity contribution in [1.29, 1.82) is 0 Å². The summed E-state index contributed by atoms with van der Waals surface area (Å²) < 4.78 is 28.7. The SMILES string of the molecule is CC(C)(CCl)C(=O)c1ccccc1OC(F)F. The molecule has 5 heteroatoms. The summed E-state index contributed by atoms with van der Waals surface area (Å²) in [6.45, 7) is 0.353. The fourth-order valence-corrected chi connectivity index (χ4v) is 1.40. The van der Waals surface area contributed by atoms with Gasteiger partial charge in [-0.25, -0.2) is 0 Å². The number of ketones is 1. The average molecular weight is 263 g/mol. The lowest BCUT2D eigenvalue weighted by Gasteiger charge is -2.21. The third kappa shape index (κ3) is 3.40. The summed E-state index contributed by atoms with van der Waals surface area (Å²) in [6.07, 6.45) is 0. The summed E-state index contributed by atoms with van der Waals surface area (Å²) in [5.41, 5.74) is -0.693. The van der Waals surface area contributed by atoms with Gasteiger partial charge in [-0.05, 0) is 12.1 Å². The Labute approximate surface area is 104 Å². The van der Waals surface area contributed by atoms with E-state index in [1.165, 1.54) is 18.2 Å². The molecule has 0 N–H and O–H groups in total. The molecule has 0 aliphatic rings. The highest BCUT2D eigenvalue weighted by Crippen LogP contribution is 2.29. The van der Waals surface area contributed by atoms with Crippen molar-refractivity contribution in [2.45, 2.75) is 20.5 Å². The molecule has 0 atom stereocenters. The van der Waals surface area contributed by atoms with E-state index in [0.717, 1.165) is 0 Å². The summed E-state index contributed by atoms with van der Waals surface area (Å²) in [6, 6.07) is 5.91. The van der Waals surface area contributed by atoms with E-state index in [0.29, 0.717) is 0 Å². The lowest BCUT2D eigenvalue weighted by Crippen LogP contribution is -2.26. The Morgan fingerprint density at radius 2 is 2.00 bits per heavy atom. The van der Waals surface area contributed by atoms with Gasteiger partial charge >= 0.3 is 6.61 Å². The van der Waals surface area contributed by atoms with Crippen molar-refractivity contribution in [1.82, 2.24) is 0 Å². The van der Waals surface area contributed by atoms with Gasteiger partial charge in [0, 0.05) is 11.3 Å². The number of hydrogen-bond donors (Lipinski definition) is 0. The van der Waals surface area contributed by atoms with Crippen molar-refractivity contribution in [2.24, 2.45) is 5.41 Å². The van der Waals surface area contributed by atoms with Gasteiger partial charge in [0.15, 0.2) is 5.78 Å². The van der Waals surface area contributed by atoms with Crippen LogP contribution in [0.1, 0.15) is 24.2 Å². The minimum Gasteiger partial charge on any atom is -0.434 e. The molecule has 1 aromatic rings. The van der Waals surface area contributed by atoms with Gasteiger partial charge in [0.2, 0.25) is 0 Å².